The third kappa shape index (κ3) is 4.35. The lowest BCUT2D eigenvalue weighted by atomic mass is 9.70. The van der Waals surface area contributed by atoms with Gasteiger partial charge in [0.05, 0.1) is 16.4 Å². The van der Waals surface area contributed by atoms with Gasteiger partial charge in [-0.1, -0.05) is 127 Å². The molecule has 0 saturated carbocycles. The van der Waals surface area contributed by atoms with E-state index in [4.69, 9.17) is 0 Å². The van der Waals surface area contributed by atoms with Crippen LogP contribution in [0.2, 0.25) is 0 Å². The van der Waals surface area contributed by atoms with Crippen molar-refractivity contribution in [2.24, 2.45) is 0 Å². The topological polar surface area (TPSA) is 8.17 Å². The summed E-state index contributed by atoms with van der Waals surface area (Å²) >= 11 is 3.20. The van der Waals surface area contributed by atoms with Crippen molar-refractivity contribution in [3.63, 3.8) is 0 Å². The van der Waals surface area contributed by atoms with E-state index in [-0.39, 0.29) is 0 Å². The average Bonchev–Trinajstić information content (AvgIpc) is 4.09. The van der Waals surface area contributed by atoms with Crippen LogP contribution in [0, 0.1) is 0 Å². The summed E-state index contributed by atoms with van der Waals surface area (Å²) < 4.78 is 2.42. The van der Waals surface area contributed by atoms with Gasteiger partial charge >= 0.3 is 0 Å². The molecular formula is C51H34N2S2. The molecule has 0 bridgehead atoms. The fourth-order valence-corrected chi connectivity index (χ4v) is 11.8. The summed E-state index contributed by atoms with van der Waals surface area (Å²) in [7, 11) is 0. The minimum atomic E-state index is -0.407. The Labute approximate surface area is 327 Å². The lowest BCUT2D eigenvalue weighted by molar-refractivity contribution is 0.793. The molecule has 0 N–H and O–H groups in total. The number of hydrogen-bond acceptors (Lipinski definition) is 2. The van der Waals surface area contributed by atoms with Crippen LogP contribution in [0.4, 0.5) is 16.4 Å². The molecule has 0 fully saturated rings. The van der Waals surface area contributed by atoms with E-state index in [1.807, 2.05) is 11.3 Å². The van der Waals surface area contributed by atoms with E-state index in [1.165, 1.54) is 92.4 Å². The van der Waals surface area contributed by atoms with Crippen LogP contribution in [-0.2, 0) is 5.41 Å². The summed E-state index contributed by atoms with van der Waals surface area (Å²) in [6, 6.07) is 65.7. The first-order valence-electron chi connectivity index (χ1n) is 18.9. The summed E-state index contributed by atoms with van der Waals surface area (Å²) in [6.45, 7) is 0. The molecule has 0 saturated heterocycles. The number of nitrogens with zero attached hydrogens (tertiary/aromatic N) is 2. The van der Waals surface area contributed by atoms with Crippen molar-refractivity contribution in [1.29, 1.82) is 0 Å². The molecule has 1 spiro atoms. The van der Waals surface area contributed by atoms with Gasteiger partial charge in [-0.15, -0.1) is 11.3 Å². The minimum Gasteiger partial charge on any atom is -0.309 e. The van der Waals surface area contributed by atoms with E-state index >= 15 is 0 Å². The molecule has 9 aromatic rings. The predicted molar refractivity (Wildman–Crippen MR) is 236 cm³/mol. The Morgan fingerprint density at radius 3 is 1.82 bits per heavy atom. The normalized spacial score (nSPS) is 14.4. The lowest BCUT2D eigenvalue weighted by Crippen LogP contribution is -2.26. The first kappa shape index (κ1) is 31.2. The number of hydrogen-bond donors (Lipinski definition) is 1. The van der Waals surface area contributed by atoms with E-state index in [0.717, 1.165) is 23.5 Å². The molecular weight excluding hydrogens is 705 g/mol. The minimum absolute atomic E-state index is 0.407. The first-order chi connectivity index (χ1) is 27.3. The number of allylic oxidation sites excluding steroid dienone is 1. The Balaban J connectivity index is 1.13. The highest BCUT2D eigenvalue weighted by Crippen LogP contribution is 2.63. The molecule has 0 radical (unpaired) electrons. The Morgan fingerprint density at radius 2 is 1.11 bits per heavy atom. The van der Waals surface area contributed by atoms with Gasteiger partial charge in [0.25, 0.3) is 0 Å². The van der Waals surface area contributed by atoms with Gasteiger partial charge in [-0.05, 0) is 116 Å². The molecule has 2 aliphatic carbocycles. The molecule has 55 heavy (non-hydrogen) atoms. The van der Waals surface area contributed by atoms with Crippen molar-refractivity contribution in [2.45, 2.75) is 11.8 Å². The fourth-order valence-electron chi connectivity index (χ4n) is 9.71. The quantitative estimate of drug-likeness (QED) is 0.137. The maximum Gasteiger partial charge on any atom is 0.101 e. The van der Waals surface area contributed by atoms with Crippen LogP contribution in [0.5, 0.6) is 0 Å². The van der Waals surface area contributed by atoms with Gasteiger partial charge in [0.2, 0.25) is 0 Å². The van der Waals surface area contributed by atoms with Crippen molar-refractivity contribution in [2.75, 3.05) is 4.90 Å². The Kier molecular flexibility index (Phi) is 6.75. The van der Waals surface area contributed by atoms with Gasteiger partial charge < -0.3 is 9.47 Å². The number of fused-ring (bicyclic) bond motifs is 13. The van der Waals surface area contributed by atoms with E-state index in [9.17, 15) is 0 Å². The first-order valence-corrected chi connectivity index (χ1v) is 20.7. The van der Waals surface area contributed by atoms with E-state index in [0.29, 0.717) is 0 Å². The third-order valence-electron chi connectivity index (χ3n) is 11.9. The second-order valence-electron chi connectivity index (χ2n) is 14.6. The van der Waals surface area contributed by atoms with Crippen molar-refractivity contribution in [3.8, 4) is 27.9 Å². The third-order valence-corrected chi connectivity index (χ3v) is 14.3. The number of thiol groups is 1. The molecule has 2 nitrogen and oxygen atoms in total. The van der Waals surface area contributed by atoms with Crippen LogP contribution >= 0.6 is 22.7 Å². The van der Waals surface area contributed by atoms with Crippen molar-refractivity contribution < 1.29 is 0 Å². The number of anilines is 3. The maximum absolute atomic E-state index is 2.51. The Bertz CT molecular complexity index is 3020. The van der Waals surface area contributed by atoms with Crippen LogP contribution in [0.3, 0.4) is 0 Å². The van der Waals surface area contributed by atoms with Gasteiger partial charge in [0, 0.05) is 32.7 Å². The highest BCUT2D eigenvalue weighted by molar-refractivity contribution is 8.02. The largest absolute Gasteiger partial charge is 0.309 e. The van der Waals surface area contributed by atoms with E-state index < -0.39 is 5.41 Å². The maximum atomic E-state index is 2.51. The van der Waals surface area contributed by atoms with Gasteiger partial charge in [0.15, 0.2) is 0 Å². The van der Waals surface area contributed by atoms with Gasteiger partial charge in [0.1, 0.15) is 5.00 Å². The number of aromatic nitrogens is 1. The van der Waals surface area contributed by atoms with Gasteiger partial charge in [-0.2, -0.15) is 11.4 Å². The summed E-state index contributed by atoms with van der Waals surface area (Å²) in [4.78, 5) is 5.33. The molecule has 0 amide bonds. The summed E-state index contributed by atoms with van der Waals surface area (Å²) in [6.07, 6.45) is 3.31. The van der Waals surface area contributed by atoms with Crippen molar-refractivity contribution in [3.05, 3.63) is 215 Å². The number of rotatable bonds is 5. The molecule has 3 heterocycles. The van der Waals surface area contributed by atoms with Crippen LogP contribution in [0.1, 0.15) is 33.6 Å². The second-order valence-corrected chi connectivity index (χ2v) is 16.8. The number of thiophene rings is 1. The molecule has 0 atom stereocenters. The van der Waals surface area contributed by atoms with Crippen molar-refractivity contribution >= 4 is 65.7 Å². The number of para-hydroxylation sites is 2. The van der Waals surface area contributed by atoms with Crippen molar-refractivity contribution in [1.82, 2.24) is 4.57 Å². The molecule has 7 aromatic carbocycles. The predicted octanol–water partition coefficient (Wildman–Crippen LogP) is 13.6. The molecule has 260 valence electrons. The van der Waals surface area contributed by atoms with Gasteiger partial charge in [-0.25, -0.2) is 0 Å². The zero-order chi connectivity index (χ0) is 36.1. The zero-order valence-corrected chi connectivity index (χ0v) is 31.6. The molecule has 12 rings (SSSR count). The van der Waals surface area contributed by atoms with E-state index in [1.54, 1.807) is 0 Å². The van der Waals surface area contributed by atoms with Gasteiger partial charge in [-0.3, -0.25) is 0 Å². The highest BCUT2D eigenvalue weighted by Gasteiger charge is 2.51. The summed E-state index contributed by atoms with van der Waals surface area (Å²) in [5.41, 5.74) is 16.2. The highest BCUT2D eigenvalue weighted by atomic mass is 32.1. The monoisotopic (exact) mass is 738 g/mol. The van der Waals surface area contributed by atoms with Crippen LogP contribution < -0.4 is 4.90 Å². The van der Waals surface area contributed by atoms with Crippen LogP contribution in [0.15, 0.2) is 187 Å². The SMILES string of the molecule is C1=C[SH]=C(c2ccc(N(c3ccc4c(c3)C3(c5ccccc5-c5ccccc53)c3ccccc3-4)c3ccc4c5ccccc5n(-c5ccccc5)c4c3)s2)C1. The Hall–Kier alpha value is -6.20. The average molecular weight is 739 g/mol. The zero-order valence-electron chi connectivity index (χ0n) is 29.9. The Morgan fingerprint density at radius 1 is 0.509 bits per heavy atom. The fraction of sp³-hybridized carbons (Fsp3) is 0.0392. The summed E-state index contributed by atoms with van der Waals surface area (Å²) in [5, 5.41) is 6.00. The second kappa shape index (κ2) is 11.9. The number of benzene rings is 7. The summed E-state index contributed by atoms with van der Waals surface area (Å²) in [5.74, 6) is 0. The molecule has 0 unspecified atom stereocenters. The smallest absolute Gasteiger partial charge is 0.101 e. The molecule has 4 heteroatoms. The van der Waals surface area contributed by atoms with E-state index in [2.05, 4.69) is 197 Å². The lowest BCUT2D eigenvalue weighted by Gasteiger charge is -2.32. The van der Waals surface area contributed by atoms with Crippen LogP contribution in [0.25, 0.3) is 49.7 Å². The molecule has 3 aliphatic rings. The van der Waals surface area contributed by atoms with Crippen LogP contribution in [-0.4, -0.2) is 9.43 Å². The molecule has 1 aliphatic heterocycles. The molecule has 2 aromatic heterocycles. The standard InChI is InChI=1S/C51H34N2S2/c1-2-13-33(14-3-1)53-46-22-11-7-18-40(46)41-27-25-35(32-47(41)53)52(50-29-28-49(55-50)48-23-12-30-54-48)34-24-26-39-38-17-6-10-21-44(38)51(45(39)31-34)42-19-8-4-15-36(42)37-16-5-9-20-43(37)51/h1-22,24-32,54H,23H2.